The van der Waals surface area contributed by atoms with Crippen molar-refractivity contribution in [2.45, 2.75) is 20.8 Å². The van der Waals surface area contributed by atoms with Crippen LogP contribution in [-0.2, 0) is 0 Å². The molecule has 0 spiro atoms. The molecule has 0 aliphatic carbocycles. The summed E-state index contributed by atoms with van der Waals surface area (Å²) in [5.41, 5.74) is 6.18. The third-order valence-electron chi connectivity index (χ3n) is 1.32. The number of nitrogens with two attached hydrogens (primary N) is 1. The van der Waals surface area contributed by atoms with E-state index in [-0.39, 0.29) is 0 Å². The van der Waals surface area contributed by atoms with Crippen molar-refractivity contribution in [2.75, 3.05) is 0 Å². The van der Waals surface area contributed by atoms with Gasteiger partial charge in [-0.2, -0.15) is 0 Å². The Bertz CT molecular complexity index is 300. The molecular formula is C9H13BrN2O. The van der Waals surface area contributed by atoms with Crippen molar-refractivity contribution < 1.29 is 4.79 Å². The monoisotopic (exact) mass is 244 g/mol. The summed E-state index contributed by atoms with van der Waals surface area (Å²) in [6.45, 7) is 5.74. The highest BCUT2D eigenvalue weighted by Gasteiger charge is 2.04. The molecule has 0 aromatic carbocycles. The largest absolute Gasteiger partial charge is 0.366 e. The summed E-state index contributed by atoms with van der Waals surface area (Å²) >= 11 is 3.18. The summed E-state index contributed by atoms with van der Waals surface area (Å²) in [5, 5.41) is 0. The Morgan fingerprint density at radius 1 is 1.46 bits per heavy atom. The number of aromatic nitrogens is 1. The molecule has 2 N–H and O–H groups in total. The number of pyridine rings is 1. The second-order valence-electron chi connectivity index (χ2n) is 2.13. The summed E-state index contributed by atoms with van der Waals surface area (Å²) in [6.07, 6.45) is 0. The van der Waals surface area contributed by atoms with E-state index in [1.54, 1.807) is 19.1 Å². The highest BCUT2D eigenvalue weighted by molar-refractivity contribution is 9.10. The molecule has 0 unspecified atom stereocenters. The van der Waals surface area contributed by atoms with Gasteiger partial charge < -0.3 is 5.73 Å². The van der Waals surface area contributed by atoms with Crippen molar-refractivity contribution >= 4 is 21.8 Å². The molecule has 0 saturated carbocycles. The van der Waals surface area contributed by atoms with E-state index in [1.165, 1.54) is 0 Å². The maximum Gasteiger partial charge on any atom is 0.250 e. The van der Waals surface area contributed by atoms with Gasteiger partial charge in [0.05, 0.1) is 11.3 Å². The molecule has 0 aliphatic heterocycles. The first-order valence-corrected chi connectivity index (χ1v) is 4.83. The van der Waals surface area contributed by atoms with Gasteiger partial charge in [-0.1, -0.05) is 13.8 Å². The first-order valence-electron chi connectivity index (χ1n) is 4.04. The lowest BCUT2D eigenvalue weighted by Gasteiger charge is -1.99. The van der Waals surface area contributed by atoms with E-state index in [0.717, 1.165) is 0 Å². The van der Waals surface area contributed by atoms with Crippen LogP contribution in [0.5, 0.6) is 0 Å². The van der Waals surface area contributed by atoms with Crippen LogP contribution in [0.3, 0.4) is 0 Å². The summed E-state index contributed by atoms with van der Waals surface area (Å²) in [5.74, 6) is -0.442. The molecule has 0 saturated heterocycles. The predicted molar refractivity (Wildman–Crippen MR) is 56.5 cm³/mol. The van der Waals surface area contributed by atoms with Gasteiger partial charge in [-0.05, 0) is 35.0 Å². The van der Waals surface area contributed by atoms with E-state index >= 15 is 0 Å². The zero-order valence-corrected chi connectivity index (χ0v) is 9.55. The number of hydrogen-bond donors (Lipinski definition) is 1. The quantitative estimate of drug-likeness (QED) is 0.771. The topological polar surface area (TPSA) is 56.0 Å². The molecular weight excluding hydrogens is 232 g/mol. The maximum absolute atomic E-state index is 10.7. The normalized spacial score (nSPS) is 8.62. The minimum atomic E-state index is -0.442. The van der Waals surface area contributed by atoms with E-state index in [0.29, 0.717) is 15.9 Å². The predicted octanol–water partition coefficient (Wildman–Crippen LogP) is 2.28. The Hall–Kier alpha value is -0.900. The fourth-order valence-corrected chi connectivity index (χ4v) is 1.19. The first kappa shape index (κ1) is 12.1. The number of carbonyl (C=O) groups is 1. The Labute approximate surface area is 86.5 Å². The summed E-state index contributed by atoms with van der Waals surface area (Å²) in [4.78, 5) is 14.7. The molecule has 1 amide bonds. The van der Waals surface area contributed by atoms with E-state index in [2.05, 4.69) is 20.9 Å². The summed E-state index contributed by atoms with van der Waals surface area (Å²) in [7, 11) is 0. The van der Waals surface area contributed by atoms with Crippen molar-refractivity contribution in [3.63, 3.8) is 0 Å². The van der Waals surface area contributed by atoms with Crippen LogP contribution in [0.15, 0.2) is 16.7 Å². The number of rotatable bonds is 1. The number of hydrogen-bond acceptors (Lipinski definition) is 2. The van der Waals surface area contributed by atoms with Crippen LogP contribution in [0.1, 0.15) is 29.9 Å². The van der Waals surface area contributed by atoms with Crippen molar-refractivity contribution in [3.05, 3.63) is 28.0 Å². The second-order valence-corrected chi connectivity index (χ2v) is 2.94. The van der Waals surface area contributed by atoms with Gasteiger partial charge in [0.25, 0.3) is 5.91 Å². The van der Waals surface area contributed by atoms with E-state index in [4.69, 9.17) is 5.73 Å². The summed E-state index contributed by atoms with van der Waals surface area (Å²) in [6, 6.07) is 3.34. The molecule has 0 aliphatic rings. The second kappa shape index (κ2) is 5.70. The average Bonchev–Trinajstić information content (AvgIpc) is 2.07. The van der Waals surface area contributed by atoms with Crippen molar-refractivity contribution in [1.82, 2.24) is 4.98 Å². The molecule has 1 rings (SSSR count). The van der Waals surface area contributed by atoms with Gasteiger partial charge in [-0.3, -0.25) is 4.79 Å². The smallest absolute Gasteiger partial charge is 0.250 e. The highest BCUT2D eigenvalue weighted by Crippen LogP contribution is 2.10. The SMILES string of the molecule is CC.Cc1nc(Br)ccc1C(N)=O. The zero-order chi connectivity index (χ0) is 10.4. The maximum atomic E-state index is 10.7. The molecule has 1 aromatic heterocycles. The van der Waals surface area contributed by atoms with Crippen LogP contribution < -0.4 is 5.73 Å². The third kappa shape index (κ3) is 3.55. The lowest BCUT2D eigenvalue weighted by atomic mass is 10.2. The Balaban J connectivity index is 0.000000671. The van der Waals surface area contributed by atoms with Gasteiger partial charge in [-0.15, -0.1) is 0 Å². The Kier molecular flexibility index (Phi) is 5.30. The van der Waals surface area contributed by atoms with Crippen LogP contribution in [0.25, 0.3) is 0 Å². The number of nitrogens with zero attached hydrogens (tertiary/aromatic N) is 1. The number of primary amides is 1. The molecule has 1 aromatic rings. The number of amides is 1. The number of carbonyl (C=O) groups excluding carboxylic acids is 1. The molecule has 0 bridgehead atoms. The molecule has 0 radical (unpaired) electrons. The third-order valence-corrected chi connectivity index (χ3v) is 1.76. The van der Waals surface area contributed by atoms with Gasteiger partial charge in [0.15, 0.2) is 0 Å². The molecule has 4 heteroatoms. The van der Waals surface area contributed by atoms with E-state index in [9.17, 15) is 4.79 Å². The van der Waals surface area contributed by atoms with E-state index in [1.807, 2.05) is 13.8 Å². The highest BCUT2D eigenvalue weighted by atomic mass is 79.9. The fraction of sp³-hybridized carbons (Fsp3) is 0.333. The van der Waals surface area contributed by atoms with E-state index < -0.39 is 5.91 Å². The van der Waals surface area contributed by atoms with Crippen molar-refractivity contribution in [3.8, 4) is 0 Å². The first-order chi connectivity index (χ1) is 6.11. The van der Waals surface area contributed by atoms with Crippen LogP contribution in [0.4, 0.5) is 0 Å². The average molecular weight is 245 g/mol. The van der Waals surface area contributed by atoms with Crippen LogP contribution in [0, 0.1) is 6.92 Å². The number of aryl methyl sites for hydroxylation is 1. The standard InChI is InChI=1S/C7H7BrN2O.C2H6/c1-4-5(7(9)11)2-3-6(8)10-4;1-2/h2-3H,1H3,(H2,9,11);1-2H3. The van der Waals surface area contributed by atoms with Crippen LogP contribution >= 0.6 is 15.9 Å². The van der Waals surface area contributed by atoms with Gasteiger partial charge in [0, 0.05) is 0 Å². The van der Waals surface area contributed by atoms with Crippen LogP contribution in [0.2, 0.25) is 0 Å². The number of halogens is 1. The zero-order valence-electron chi connectivity index (χ0n) is 7.97. The Morgan fingerprint density at radius 3 is 2.38 bits per heavy atom. The van der Waals surface area contributed by atoms with Gasteiger partial charge in [-0.25, -0.2) is 4.98 Å². The Morgan fingerprint density at radius 2 is 2.00 bits per heavy atom. The van der Waals surface area contributed by atoms with Gasteiger partial charge >= 0.3 is 0 Å². The summed E-state index contributed by atoms with van der Waals surface area (Å²) < 4.78 is 0.708. The molecule has 0 atom stereocenters. The van der Waals surface area contributed by atoms with Crippen molar-refractivity contribution in [1.29, 1.82) is 0 Å². The minimum absolute atomic E-state index is 0.442. The molecule has 3 nitrogen and oxygen atoms in total. The van der Waals surface area contributed by atoms with Gasteiger partial charge in [0.1, 0.15) is 4.60 Å². The minimum Gasteiger partial charge on any atom is -0.366 e. The lowest BCUT2D eigenvalue weighted by molar-refractivity contribution is 0.0999. The molecule has 1 heterocycles. The van der Waals surface area contributed by atoms with Gasteiger partial charge in [0.2, 0.25) is 0 Å². The lowest BCUT2D eigenvalue weighted by Crippen LogP contribution is -2.13. The molecule has 13 heavy (non-hydrogen) atoms. The molecule has 0 fully saturated rings. The van der Waals surface area contributed by atoms with Crippen molar-refractivity contribution in [2.24, 2.45) is 5.73 Å². The molecule has 72 valence electrons. The van der Waals surface area contributed by atoms with Crippen LogP contribution in [-0.4, -0.2) is 10.9 Å². The fourth-order valence-electron chi connectivity index (χ4n) is 0.791.